The molecule has 2 fully saturated rings. The summed E-state index contributed by atoms with van der Waals surface area (Å²) in [4.78, 5) is 42.8. The van der Waals surface area contributed by atoms with Gasteiger partial charge in [0.1, 0.15) is 23.1 Å². The zero-order valence-corrected chi connectivity index (χ0v) is 23.3. The fourth-order valence-electron chi connectivity index (χ4n) is 5.34. The molecule has 39 heavy (non-hydrogen) atoms. The van der Waals surface area contributed by atoms with Crippen molar-refractivity contribution in [2.45, 2.75) is 64.0 Å². The van der Waals surface area contributed by atoms with E-state index in [1.807, 2.05) is 35.9 Å². The number of hydrogen-bond donors (Lipinski definition) is 1. The molecule has 11 heteroatoms. The van der Waals surface area contributed by atoms with Gasteiger partial charge in [-0.2, -0.15) is 0 Å². The highest BCUT2D eigenvalue weighted by Crippen LogP contribution is 2.38. The molecule has 1 aliphatic heterocycles. The predicted octanol–water partition coefficient (Wildman–Crippen LogP) is 4.19. The first-order valence-electron chi connectivity index (χ1n) is 13.4. The van der Waals surface area contributed by atoms with Crippen LogP contribution in [-0.2, 0) is 16.6 Å². The molecule has 0 bridgehead atoms. The number of aromatic nitrogens is 1. The fraction of sp³-hybridized carbons (Fsp3) is 0.607. The molecule has 2 heterocycles. The summed E-state index contributed by atoms with van der Waals surface area (Å²) < 4.78 is 40.1. The number of amides is 3. The minimum absolute atomic E-state index is 0.128. The normalized spacial score (nSPS) is 19.1. The van der Waals surface area contributed by atoms with Crippen molar-refractivity contribution in [3.8, 4) is 5.75 Å². The van der Waals surface area contributed by atoms with Gasteiger partial charge in [0.2, 0.25) is 11.8 Å². The summed E-state index contributed by atoms with van der Waals surface area (Å²) in [5, 5.41) is 3.59. The standard InChI is InChI=1S/C28H38F2N4O5/c1-27(2,3)39-26(37)31-23(18-8-10-28(29,30)11-9-18)25(36)34-14-12-33(13-15-34)24(35)22-16-19-6-7-20(38-5)17-21(19)32(22)4/h6-7,16-18,23H,8-15H2,1-5H3,(H,31,37)/t23-/m0/s1. The third kappa shape index (κ3) is 6.62. The van der Waals surface area contributed by atoms with E-state index in [0.29, 0.717) is 24.5 Å². The zero-order valence-electron chi connectivity index (χ0n) is 23.3. The molecule has 3 amide bonds. The highest BCUT2D eigenvalue weighted by atomic mass is 19.3. The van der Waals surface area contributed by atoms with Gasteiger partial charge in [-0.05, 0) is 57.7 Å². The topological polar surface area (TPSA) is 93.1 Å². The third-order valence-corrected chi connectivity index (χ3v) is 7.52. The average Bonchev–Trinajstić information content (AvgIpc) is 3.21. The second kappa shape index (κ2) is 11.0. The van der Waals surface area contributed by atoms with Gasteiger partial charge in [0.25, 0.3) is 5.91 Å². The van der Waals surface area contributed by atoms with Crippen molar-refractivity contribution >= 4 is 28.8 Å². The van der Waals surface area contributed by atoms with Crippen LogP contribution in [0.25, 0.3) is 10.9 Å². The van der Waals surface area contributed by atoms with Gasteiger partial charge < -0.3 is 29.2 Å². The lowest BCUT2D eigenvalue weighted by molar-refractivity contribution is -0.138. The molecule has 1 N–H and O–H groups in total. The smallest absolute Gasteiger partial charge is 0.408 e. The Morgan fingerprint density at radius 3 is 2.23 bits per heavy atom. The van der Waals surface area contributed by atoms with Crippen molar-refractivity contribution < 1.29 is 32.6 Å². The summed E-state index contributed by atoms with van der Waals surface area (Å²) in [6, 6.07) is 6.50. The summed E-state index contributed by atoms with van der Waals surface area (Å²) in [7, 11) is 3.42. The number of benzene rings is 1. The highest BCUT2D eigenvalue weighted by Gasteiger charge is 2.42. The predicted molar refractivity (Wildman–Crippen MR) is 142 cm³/mol. The van der Waals surface area contributed by atoms with Gasteiger partial charge in [-0.15, -0.1) is 0 Å². The van der Waals surface area contributed by atoms with Crippen LogP contribution < -0.4 is 10.1 Å². The number of hydrogen-bond acceptors (Lipinski definition) is 5. The SMILES string of the molecule is COc1ccc2cc(C(=O)N3CCN(C(=O)[C@@H](NC(=O)OC(C)(C)C)C4CCC(F)(F)CC4)CC3)n(C)c2c1. The molecular formula is C28H38F2N4O5. The minimum atomic E-state index is -2.76. The van der Waals surface area contributed by atoms with E-state index in [9.17, 15) is 23.2 Å². The van der Waals surface area contributed by atoms with Gasteiger partial charge in [0, 0.05) is 57.5 Å². The molecule has 1 saturated carbocycles. The van der Waals surface area contributed by atoms with Crippen molar-refractivity contribution in [3.63, 3.8) is 0 Å². The largest absolute Gasteiger partial charge is 0.497 e. The Morgan fingerprint density at radius 2 is 1.64 bits per heavy atom. The highest BCUT2D eigenvalue weighted by molar-refractivity contribution is 5.99. The Bertz CT molecular complexity index is 1220. The number of aryl methyl sites for hydroxylation is 1. The van der Waals surface area contributed by atoms with Crippen LogP contribution in [0.3, 0.4) is 0 Å². The van der Waals surface area contributed by atoms with E-state index in [1.165, 1.54) is 0 Å². The maximum Gasteiger partial charge on any atom is 0.408 e. The molecule has 0 unspecified atom stereocenters. The lowest BCUT2D eigenvalue weighted by Gasteiger charge is -2.39. The molecule has 214 valence electrons. The van der Waals surface area contributed by atoms with Crippen molar-refractivity contribution in [2.75, 3.05) is 33.3 Å². The summed E-state index contributed by atoms with van der Waals surface area (Å²) in [5.41, 5.74) is 0.641. The molecule has 1 aromatic heterocycles. The summed E-state index contributed by atoms with van der Waals surface area (Å²) in [5.74, 6) is -2.95. The first kappa shape index (κ1) is 28.6. The maximum absolute atomic E-state index is 13.8. The van der Waals surface area contributed by atoms with Gasteiger partial charge in [0.05, 0.1) is 12.6 Å². The number of fused-ring (bicyclic) bond motifs is 1. The number of nitrogens with one attached hydrogen (secondary N) is 1. The maximum atomic E-state index is 13.8. The van der Waals surface area contributed by atoms with Crippen LogP contribution in [0, 0.1) is 5.92 Å². The summed E-state index contributed by atoms with van der Waals surface area (Å²) >= 11 is 0. The molecule has 0 spiro atoms. The number of alkyl halides is 2. The van der Waals surface area contributed by atoms with Crippen LogP contribution in [-0.4, -0.2) is 83.1 Å². The van der Waals surface area contributed by atoms with Crippen LogP contribution in [0.1, 0.15) is 56.9 Å². The van der Waals surface area contributed by atoms with E-state index in [0.717, 1.165) is 10.9 Å². The first-order chi connectivity index (χ1) is 18.3. The average molecular weight is 549 g/mol. The lowest BCUT2D eigenvalue weighted by Crippen LogP contribution is -2.58. The van der Waals surface area contributed by atoms with Crippen LogP contribution in [0.5, 0.6) is 5.75 Å². The van der Waals surface area contributed by atoms with E-state index in [-0.39, 0.29) is 50.6 Å². The Hall–Kier alpha value is -3.37. The van der Waals surface area contributed by atoms with Crippen molar-refractivity contribution in [2.24, 2.45) is 13.0 Å². The number of rotatable bonds is 5. The van der Waals surface area contributed by atoms with Crippen LogP contribution >= 0.6 is 0 Å². The summed E-state index contributed by atoms with van der Waals surface area (Å²) in [6.45, 7) is 6.33. The van der Waals surface area contributed by atoms with Gasteiger partial charge in [-0.25, -0.2) is 13.6 Å². The second-order valence-corrected chi connectivity index (χ2v) is 11.4. The lowest BCUT2D eigenvalue weighted by atomic mass is 9.81. The number of alkyl carbamates (subject to hydrolysis) is 1. The number of piperazine rings is 1. The van der Waals surface area contributed by atoms with Crippen LogP contribution in [0.2, 0.25) is 0 Å². The molecule has 1 atom stereocenters. The van der Waals surface area contributed by atoms with Crippen LogP contribution in [0.15, 0.2) is 24.3 Å². The quantitative estimate of drug-likeness (QED) is 0.605. The van der Waals surface area contributed by atoms with E-state index >= 15 is 0 Å². The van der Waals surface area contributed by atoms with E-state index < -0.39 is 29.6 Å². The third-order valence-electron chi connectivity index (χ3n) is 7.52. The molecule has 9 nitrogen and oxygen atoms in total. The molecular weight excluding hydrogens is 510 g/mol. The molecule has 4 rings (SSSR count). The summed E-state index contributed by atoms with van der Waals surface area (Å²) in [6.07, 6.45) is -1.14. The fourth-order valence-corrected chi connectivity index (χ4v) is 5.34. The Kier molecular flexibility index (Phi) is 8.09. The molecule has 0 radical (unpaired) electrons. The zero-order chi connectivity index (χ0) is 28.5. The Balaban J connectivity index is 1.44. The molecule has 1 aromatic carbocycles. The van der Waals surface area contributed by atoms with E-state index in [4.69, 9.17) is 9.47 Å². The van der Waals surface area contributed by atoms with E-state index in [2.05, 4.69) is 5.32 Å². The number of nitrogens with zero attached hydrogens (tertiary/aromatic N) is 3. The van der Waals surface area contributed by atoms with E-state index in [1.54, 1.807) is 37.7 Å². The molecule has 2 aliphatic rings. The number of carbonyl (C=O) groups is 3. The molecule has 2 aromatic rings. The van der Waals surface area contributed by atoms with Gasteiger partial charge in [-0.1, -0.05) is 0 Å². The second-order valence-electron chi connectivity index (χ2n) is 11.4. The number of ether oxygens (including phenoxy) is 2. The monoisotopic (exact) mass is 548 g/mol. The minimum Gasteiger partial charge on any atom is -0.497 e. The number of halogens is 2. The van der Waals surface area contributed by atoms with Gasteiger partial charge in [0.15, 0.2) is 0 Å². The Morgan fingerprint density at radius 1 is 1.03 bits per heavy atom. The van der Waals surface area contributed by atoms with Gasteiger partial charge in [-0.3, -0.25) is 9.59 Å². The van der Waals surface area contributed by atoms with Crippen LogP contribution in [0.4, 0.5) is 13.6 Å². The van der Waals surface area contributed by atoms with Crippen molar-refractivity contribution in [1.82, 2.24) is 19.7 Å². The molecule has 1 saturated heterocycles. The first-order valence-corrected chi connectivity index (χ1v) is 13.4. The number of methoxy groups -OCH3 is 1. The van der Waals surface area contributed by atoms with Crippen molar-refractivity contribution in [1.29, 1.82) is 0 Å². The van der Waals surface area contributed by atoms with Crippen molar-refractivity contribution in [3.05, 3.63) is 30.0 Å². The van der Waals surface area contributed by atoms with Gasteiger partial charge >= 0.3 is 6.09 Å². The Labute approximate surface area is 227 Å². The number of carbonyl (C=O) groups excluding carboxylic acids is 3. The molecule has 1 aliphatic carbocycles.